The average Bonchev–Trinajstić information content (AvgIpc) is 2.76. The van der Waals surface area contributed by atoms with Gasteiger partial charge in [0, 0.05) is 13.2 Å². The summed E-state index contributed by atoms with van der Waals surface area (Å²) in [6, 6.07) is 5.80. The Morgan fingerprint density at radius 2 is 0.800 bits per heavy atom. The highest BCUT2D eigenvalue weighted by Crippen LogP contribution is 2.39. The second-order valence-electron chi connectivity index (χ2n) is 8.76. The molecule has 0 rings (SSSR count). The van der Waals surface area contributed by atoms with E-state index in [9.17, 15) is 0 Å². The van der Waals surface area contributed by atoms with Crippen molar-refractivity contribution in [3.8, 4) is 0 Å². The van der Waals surface area contributed by atoms with Gasteiger partial charge in [-0.1, -0.05) is 139 Å². The standard InChI is InChI=1S/C24H54O2S2Si2/c1-7-13-19-29(20-14-8-2)23(25-17-11-5)27-28-24(26-18-12-6)30(21-15-9-3)22-16-10-4/h23-24,29-30H,7-22H2,1-6H3. The Morgan fingerprint density at radius 3 is 1.03 bits per heavy atom. The van der Waals surface area contributed by atoms with Crippen molar-refractivity contribution in [1.29, 1.82) is 0 Å². The molecule has 0 heterocycles. The lowest BCUT2D eigenvalue weighted by Gasteiger charge is -2.30. The van der Waals surface area contributed by atoms with Gasteiger partial charge in [0.05, 0.1) is 27.7 Å². The first kappa shape index (κ1) is 31.1. The molecule has 0 saturated heterocycles. The number of hydrogen-bond acceptors (Lipinski definition) is 4. The van der Waals surface area contributed by atoms with Crippen LogP contribution < -0.4 is 0 Å². The van der Waals surface area contributed by atoms with Gasteiger partial charge in [-0.3, -0.25) is 0 Å². The zero-order chi connectivity index (χ0) is 22.5. The van der Waals surface area contributed by atoms with Gasteiger partial charge in [0.2, 0.25) is 0 Å². The van der Waals surface area contributed by atoms with Crippen molar-refractivity contribution in [1.82, 2.24) is 0 Å². The molecule has 0 aliphatic heterocycles. The SMILES string of the molecule is CCCC[SiH](CCCC)C(OCCC)SSC(OCCC)[SiH](CCCC)CCCC. The summed E-state index contributed by atoms with van der Waals surface area (Å²) < 4.78 is 13.0. The first-order chi connectivity index (χ1) is 14.7. The fraction of sp³-hybridized carbons (Fsp3) is 1.00. The minimum absolute atomic E-state index is 0.466. The molecule has 30 heavy (non-hydrogen) atoms. The predicted molar refractivity (Wildman–Crippen MR) is 148 cm³/mol. The van der Waals surface area contributed by atoms with Crippen molar-refractivity contribution in [3.63, 3.8) is 0 Å². The van der Waals surface area contributed by atoms with Gasteiger partial charge in [0.25, 0.3) is 0 Å². The highest BCUT2D eigenvalue weighted by atomic mass is 33.1. The predicted octanol–water partition coefficient (Wildman–Crippen LogP) is 8.61. The van der Waals surface area contributed by atoms with E-state index in [-0.39, 0.29) is 0 Å². The number of unbranched alkanes of at least 4 members (excludes halogenated alkanes) is 4. The molecule has 0 aliphatic carbocycles. The van der Waals surface area contributed by atoms with Crippen molar-refractivity contribution in [3.05, 3.63) is 0 Å². The largest absolute Gasteiger partial charge is 0.371 e. The van der Waals surface area contributed by atoms with Crippen LogP contribution in [0.15, 0.2) is 0 Å². The Morgan fingerprint density at radius 1 is 0.500 bits per heavy atom. The fourth-order valence-electron chi connectivity index (χ4n) is 3.76. The van der Waals surface area contributed by atoms with Crippen LogP contribution in [0.5, 0.6) is 0 Å². The van der Waals surface area contributed by atoms with Crippen LogP contribution in [0.3, 0.4) is 0 Å². The van der Waals surface area contributed by atoms with E-state index >= 15 is 0 Å². The van der Waals surface area contributed by atoms with Gasteiger partial charge in [-0.05, 0) is 12.8 Å². The van der Waals surface area contributed by atoms with E-state index in [0.717, 1.165) is 26.1 Å². The number of hydrogen-bond donors (Lipinski definition) is 0. The zero-order valence-electron chi connectivity index (χ0n) is 21.3. The van der Waals surface area contributed by atoms with E-state index in [2.05, 4.69) is 63.1 Å². The lowest BCUT2D eigenvalue weighted by molar-refractivity contribution is 0.152. The highest BCUT2D eigenvalue weighted by Gasteiger charge is 2.29. The van der Waals surface area contributed by atoms with Crippen molar-refractivity contribution in [2.24, 2.45) is 0 Å². The molecule has 0 aliphatic rings. The molecule has 0 bridgehead atoms. The van der Waals surface area contributed by atoms with Gasteiger partial charge in [-0.2, -0.15) is 0 Å². The van der Waals surface area contributed by atoms with Crippen LogP contribution in [0, 0.1) is 0 Å². The fourth-order valence-corrected chi connectivity index (χ4v) is 18.4. The Balaban J connectivity index is 5.18. The highest BCUT2D eigenvalue weighted by molar-refractivity contribution is 8.77. The van der Waals surface area contributed by atoms with Crippen LogP contribution in [0.25, 0.3) is 0 Å². The van der Waals surface area contributed by atoms with E-state index in [0.29, 0.717) is 10.1 Å². The van der Waals surface area contributed by atoms with Gasteiger partial charge >= 0.3 is 0 Å². The first-order valence-corrected chi connectivity index (χ1v) is 20.1. The van der Waals surface area contributed by atoms with Gasteiger partial charge in [-0.15, -0.1) is 0 Å². The maximum atomic E-state index is 6.51. The minimum atomic E-state index is -0.898. The number of rotatable bonds is 23. The van der Waals surface area contributed by atoms with Crippen LogP contribution in [-0.2, 0) is 9.47 Å². The number of ether oxygens (including phenoxy) is 2. The summed E-state index contributed by atoms with van der Waals surface area (Å²) in [5.74, 6) is 0. The third-order valence-electron chi connectivity index (χ3n) is 5.70. The molecule has 2 nitrogen and oxygen atoms in total. The molecule has 2 unspecified atom stereocenters. The molecule has 0 N–H and O–H groups in total. The molecule has 0 saturated carbocycles. The monoisotopic (exact) mass is 494 g/mol. The third kappa shape index (κ3) is 15.8. The minimum Gasteiger partial charge on any atom is -0.371 e. The van der Waals surface area contributed by atoms with E-state index < -0.39 is 17.6 Å². The summed E-state index contributed by atoms with van der Waals surface area (Å²) in [7, 11) is 2.38. The topological polar surface area (TPSA) is 18.5 Å². The second kappa shape index (κ2) is 23.2. The van der Waals surface area contributed by atoms with E-state index in [1.54, 1.807) is 0 Å². The van der Waals surface area contributed by atoms with Crippen LogP contribution in [-0.4, -0.2) is 40.9 Å². The maximum absolute atomic E-state index is 6.51. The van der Waals surface area contributed by atoms with Crippen LogP contribution >= 0.6 is 21.6 Å². The van der Waals surface area contributed by atoms with E-state index in [1.165, 1.54) is 75.5 Å². The zero-order valence-corrected chi connectivity index (χ0v) is 25.2. The van der Waals surface area contributed by atoms with Crippen molar-refractivity contribution < 1.29 is 9.47 Å². The molecule has 0 aromatic carbocycles. The lowest BCUT2D eigenvalue weighted by atomic mass is 10.4. The molecule has 182 valence electrons. The summed E-state index contributed by atoms with van der Waals surface area (Å²) in [4.78, 5) is 0. The maximum Gasteiger partial charge on any atom is 0.0980 e. The molecule has 0 aromatic heterocycles. The quantitative estimate of drug-likeness (QED) is 0.0803. The molecule has 2 atom stereocenters. The summed E-state index contributed by atoms with van der Waals surface area (Å²) in [6.07, 6.45) is 13.1. The van der Waals surface area contributed by atoms with Crippen molar-refractivity contribution >= 4 is 39.2 Å². The van der Waals surface area contributed by atoms with Crippen LogP contribution in [0.4, 0.5) is 0 Å². The smallest absolute Gasteiger partial charge is 0.0980 e. The Kier molecular flexibility index (Phi) is 24.0. The molecule has 0 spiro atoms. The second-order valence-corrected chi connectivity index (χ2v) is 18.8. The summed E-state index contributed by atoms with van der Waals surface area (Å²) in [6.45, 7) is 15.7. The Labute approximate surface area is 201 Å². The van der Waals surface area contributed by atoms with Crippen LogP contribution in [0.1, 0.15) is 106 Å². The molecule has 0 radical (unpaired) electrons. The van der Waals surface area contributed by atoms with E-state index in [1.807, 2.05) is 0 Å². The van der Waals surface area contributed by atoms with Gasteiger partial charge in [0.1, 0.15) is 0 Å². The molecule has 0 fully saturated rings. The Hall–Kier alpha value is 1.05. The summed E-state index contributed by atoms with van der Waals surface area (Å²) >= 11 is 0. The average molecular weight is 495 g/mol. The molecular weight excluding hydrogens is 441 g/mol. The Bertz CT molecular complexity index is 303. The summed E-state index contributed by atoms with van der Waals surface area (Å²) in [5.41, 5.74) is 0. The van der Waals surface area contributed by atoms with Crippen molar-refractivity contribution in [2.45, 2.75) is 140 Å². The summed E-state index contributed by atoms with van der Waals surface area (Å²) in [5, 5.41) is 0.931. The molecule has 0 aromatic rings. The van der Waals surface area contributed by atoms with Gasteiger partial charge in [-0.25, -0.2) is 0 Å². The van der Waals surface area contributed by atoms with Crippen molar-refractivity contribution in [2.75, 3.05) is 13.2 Å². The first-order valence-electron chi connectivity index (χ1n) is 13.2. The van der Waals surface area contributed by atoms with Gasteiger partial charge in [0.15, 0.2) is 0 Å². The molecular formula is C24H54O2S2Si2. The normalized spacial score (nSPS) is 14.0. The molecule has 6 heteroatoms. The van der Waals surface area contributed by atoms with Gasteiger partial charge < -0.3 is 9.47 Å². The lowest BCUT2D eigenvalue weighted by Crippen LogP contribution is -2.33. The molecule has 0 amide bonds. The van der Waals surface area contributed by atoms with E-state index in [4.69, 9.17) is 9.47 Å². The van der Waals surface area contributed by atoms with Crippen LogP contribution in [0.2, 0.25) is 24.2 Å². The third-order valence-corrected chi connectivity index (χ3v) is 18.8.